The third-order valence-electron chi connectivity index (χ3n) is 4.37. The van der Waals surface area contributed by atoms with Gasteiger partial charge in [0.05, 0.1) is 6.61 Å². The number of benzene rings is 3. The topological polar surface area (TPSA) is 86.5 Å². The van der Waals surface area contributed by atoms with Gasteiger partial charge in [0, 0.05) is 16.8 Å². The van der Waals surface area contributed by atoms with Gasteiger partial charge in [0.15, 0.2) is 6.61 Å². The lowest BCUT2D eigenvalue weighted by molar-refractivity contribution is -0.118. The zero-order valence-corrected chi connectivity index (χ0v) is 16.9. The van der Waals surface area contributed by atoms with E-state index in [4.69, 9.17) is 13.9 Å². The number of anilines is 1. The second-order valence-electron chi connectivity index (χ2n) is 6.60. The van der Waals surface area contributed by atoms with Crippen LogP contribution in [0.5, 0.6) is 11.5 Å². The zero-order valence-electron chi connectivity index (χ0n) is 16.9. The third kappa shape index (κ3) is 5.27. The van der Waals surface area contributed by atoms with Crippen LogP contribution in [0.25, 0.3) is 22.9 Å². The van der Waals surface area contributed by atoms with E-state index in [0.717, 1.165) is 16.9 Å². The number of carbonyl (C=O) groups is 1. The van der Waals surface area contributed by atoms with Crippen LogP contribution in [0.3, 0.4) is 0 Å². The standard InChI is InChI=1S/C24H21N3O4/c1-2-29-20-14-10-19(11-15-20)25-22(28)16-30-21-12-8-18(9-13-21)24-27-26-23(31-24)17-6-4-3-5-7-17/h3-15H,2,16H2,1H3,(H,25,28). The minimum Gasteiger partial charge on any atom is -0.494 e. The molecule has 7 nitrogen and oxygen atoms in total. The van der Waals surface area contributed by atoms with Crippen LogP contribution in [0.1, 0.15) is 6.92 Å². The van der Waals surface area contributed by atoms with E-state index in [1.165, 1.54) is 0 Å². The summed E-state index contributed by atoms with van der Waals surface area (Å²) in [6, 6.07) is 23.9. The first-order valence-electron chi connectivity index (χ1n) is 9.86. The van der Waals surface area contributed by atoms with Gasteiger partial charge in [0.1, 0.15) is 11.5 Å². The molecule has 0 saturated heterocycles. The molecular weight excluding hydrogens is 394 g/mol. The number of nitrogens with one attached hydrogen (secondary N) is 1. The van der Waals surface area contributed by atoms with Crippen LogP contribution < -0.4 is 14.8 Å². The highest BCUT2D eigenvalue weighted by atomic mass is 16.5. The monoisotopic (exact) mass is 415 g/mol. The van der Waals surface area contributed by atoms with Crippen LogP contribution in [0.4, 0.5) is 5.69 Å². The molecule has 31 heavy (non-hydrogen) atoms. The summed E-state index contributed by atoms with van der Waals surface area (Å²) < 4.78 is 16.7. The van der Waals surface area contributed by atoms with Crippen LogP contribution >= 0.6 is 0 Å². The molecule has 1 aromatic heterocycles. The van der Waals surface area contributed by atoms with E-state index in [2.05, 4.69) is 15.5 Å². The summed E-state index contributed by atoms with van der Waals surface area (Å²) in [6.45, 7) is 2.41. The average molecular weight is 415 g/mol. The fourth-order valence-corrected chi connectivity index (χ4v) is 2.88. The van der Waals surface area contributed by atoms with Crippen LogP contribution in [0.2, 0.25) is 0 Å². The van der Waals surface area contributed by atoms with E-state index in [-0.39, 0.29) is 12.5 Å². The number of aromatic nitrogens is 2. The molecule has 0 atom stereocenters. The van der Waals surface area contributed by atoms with Gasteiger partial charge in [-0.1, -0.05) is 18.2 Å². The van der Waals surface area contributed by atoms with E-state index < -0.39 is 0 Å². The Kier molecular flexibility index (Phi) is 6.23. The summed E-state index contributed by atoms with van der Waals surface area (Å²) >= 11 is 0. The smallest absolute Gasteiger partial charge is 0.262 e. The summed E-state index contributed by atoms with van der Waals surface area (Å²) in [7, 11) is 0. The molecule has 0 bridgehead atoms. The van der Waals surface area contributed by atoms with Gasteiger partial charge in [0.2, 0.25) is 11.8 Å². The molecule has 156 valence electrons. The lowest BCUT2D eigenvalue weighted by Gasteiger charge is -2.09. The minimum atomic E-state index is -0.252. The summed E-state index contributed by atoms with van der Waals surface area (Å²) in [5.74, 6) is 1.94. The summed E-state index contributed by atoms with van der Waals surface area (Å²) in [5.41, 5.74) is 2.30. The molecule has 0 fully saturated rings. The molecule has 4 aromatic rings. The molecule has 1 N–H and O–H groups in total. The molecule has 1 amide bonds. The van der Waals surface area contributed by atoms with Crippen molar-refractivity contribution in [2.75, 3.05) is 18.5 Å². The first-order valence-corrected chi connectivity index (χ1v) is 9.86. The van der Waals surface area contributed by atoms with E-state index in [1.807, 2.05) is 49.4 Å². The van der Waals surface area contributed by atoms with E-state index >= 15 is 0 Å². The molecule has 3 aromatic carbocycles. The maximum Gasteiger partial charge on any atom is 0.262 e. The summed E-state index contributed by atoms with van der Waals surface area (Å²) in [6.07, 6.45) is 0. The Hall–Kier alpha value is -4.13. The van der Waals surface area contributed by atoms with Crippen molar-refractivity contribution in [2.45, 2.75) is 6.92 Å². The minimum absolute atomic E-state index is 0.106. The van der Waals surface area contributed by atoms with Crippen molar-refractivity contribution in [3.05, 3.63) is 78.9 Å². The highest BCUT2D eigenvalue weighted by Gasteiger charge is 2.11. The zero-order chi connectivity index (χ0) is 21.5. The van der Waals surface area contributed by atoms with Gasteiger partial charge in [-0.15, -0.1) is 10.2 Å². The van der Waals surface area contributed by atoms with E-state index in [1.54, 1.807) is 36.4 Å². The lowest BCUT2D eigenvalue weighted by atomic mass is 10.2. The van der Waals surface area contributed by atoms with Gasteiger partial charge in [-0.3, -0.25) is 4.79 Å². The quantitative estimate of drug-likeness (QED) is 0.444. The molecule has 0 aliphatic rings. The van der Waals surface area contributed by atoms with Gasteiger partial charge < -0.3 is 19.2 Å². The van der Waals surface area contributed by atoms with E-state index in [9.17, 15) is 4.79 Å². The Morgan fingerprint density at radius 2 is 1.39 bits per heavy atom. The Balaban J connectivity index is 1.31. The highest BCUT2D eigenvalue weighted by Crippen LogP contribution is 2.25. The van der Waals surface area contributed by atoms with Gasteiger partial charge >= 0.3 is 0 Å². The molecule has 0 unspecified atom stereocenters. The SMILES string of the molecule is CCOc1ccc(NC(=O)COc2ccc(-c3nnc(-c4ccccc4)o3)cc2)cc1. The third-order valence-corrected chi connectivity index (χ3v) is 4.37. The first kappa shape index (κ1) is 20.2. The second kappa shape index (κ2) is 9.58. The Morgan fingerprint density at radius 1 is 0.806 bits per heavy atom. The van der Waals surface area contributed by atoms with Crippen LogP contribution in [0.15, 0.2) is 83.3 Å². The van der Waals surface area contributed by atoms with Crippen molar-refractivity contribution in [1.82, 2.24) is 10.2 Å². The Bertz CT molecular complexity index is 1120. The fraction of sp³-hybridized carbons (Fsp3) is 0.125. The normalized spacial score (nSPS) is 10.5. The number of nitrogens with zero attached hydrogens (tertiary/aromatic N) is 2. The maximum absolute atomic E-state index is 12.1. The van der Waals surface area contributed by atoms with Crippen LogP contribution in [-0.2, 0) is 4.79 Å². The number of carbonyl (C=O) groups excluding carboxylic acids is 1. The number of hydrogen-bond acceptors (Lipinski definition) is 6. The number of ether oxygens (including phenoxy) is 2. The number of hydrogen-bond donors (Lipinski definition) is 1. The fourth-order valence-electron chi connectivity index (χ4n) is 2.88. The largest absolute Gasteiger partial charge is 0.494 e. The van der Waals surface area contributed by atoms with Crippen LogP contribution in [0, 0.1) is 0 Å². The number of amides is 1. The Labute approximate surface area is 179 Å². The van der Waals surface area contributed by atoms with Gasteiger partial charge in [-0.05, 0) is 67.6 Å². The predicted octanol–water partition coefficient (Wildman–Crippen LogP) is 4.82. The summed E-state index contributed by atoms with van der Waals surface area (Å²) in [5, 5.41) is 11.0. The van der Waals surface area contributed by atoms with Crippen molar-refractivity contribution in [3.63, 3.8) is 0 Å². The molecule has 0 spiro atoms. The first-order chi connectivity index (χ1) is 15.2. The van der Waals surface area contributed by atoms with Crippen molar-refractivity contribution in [1.29, 1.82) is 0 Å². The maximum atomic E-state index is 12.1. The molecule has 0 saturated carbocycles. The highest BCUT2D eigenvalue weighted by molar-refractivity contribution is 5.91. The van der Waals surface area contributed by atoms with Crippen molar-refractivity contribution < 1.29 is 18.7 Å². The lowest BCUT2D eigenvalue weighted by Crippen LogP contribution is -2.20. The molecular formula is C24H21N3O4. The van der Waals surface area contributed by atoms with Gasteiger partial charge in [-0.2, -0.15) is 0 Å². The molecule has 0 radical (unpaired) electrons. The number of rotatable bonds is 8. The molecule has 0 aliphatic carbocycles. The molecule has 1 heterocycles. The van der Waals surface area contributed by atoms with Crippen molar-refractivity contribution in [2.24, 2.45) is 0 Å². The van der Waals surface area contributed by atoms with E-state index in [0.29, 0.717) is 29.8 Å². The van der Waals surface area contributed by atoms with Crippen molar-refractivity contribution in [3.8, 4) is 34.4 Å². The average Bonchev–Trinajstić information content (AvgIpc) is 3.31. The Morgan fingerprint density at radius 3 is 2.03 bits per heavy atom. The predicted molar refractivity (Wildman–Crippen MR) is 117 cm³/mol. The van der Waals surface area contributed by atoms with Crippen LogP contribution in [-0.4, -0.2) is 29.3 Å². The second-order valence-corrected chi connectivity index (χ2v) is 6.60. The summed E-state index contributed by atoms with van der Waals surface area (Å²) in [4.78, 5) is 12.1. The van der Waals surface area contributed by atoms with Gasteiger partial charge in [-0.25, -0.2) is 0 Å². The molecule has 7 heteroatoms. The molecule has 4 rings (SSSR count). The molecule has 0 aliphatic heterocycles. The van der Waals surface area contributed by atoms with Crippen molar-refractivity contribution >= 4 is 11.6 Å². The van der Waals surface area contributed by atoms with Gasteiger partial charge in [0.25, 0.3) is 5.91 Å².